The molecule has 2 rings (SSSR count). The standard InChI is InChI=1S/C22H36N4O4.HI/c1-16(2)14-28-10-5-9-24-21(25-15-22(3,4)20(23)27)26-17-7-8-18-19(13-17)30-12-6-11-29-18;/h7-8,13,16H,5-6,9-12,14-15H2,1-4H3,(H2,23,27)(H2,24,25,26);1H. The van der Waals surface area contributed by atoms with Crippen molar-refractivity contribution < 1.29 is 19.0 Å². The van der Waals surface area contributed by atoms with Crippen molar-refractivity contribution in [3.05, 3.63) is 18.2 Å². The lowest BCUT2D eigenvalue weighted by atomic mass is 9.93. The second-order valence-electron chi connectivity index (χ2n) is 8.50. The molecule has 4 N–H and O–H groups in total. The van der Waals surface area contributed by atoms with Crippen molar-refractivity contribution in [3.8, 4) is 11.5 Å². The van der Waals surface area contributed by atoms with Crippen LogP contribution in [0.5, 0.6) is 11.5 Å². The van der Waals surface area contributed by atoms with Crippen LogP contribution in [-0.4, -0.2) is 51.4 Å². The first kappa shape index (κ1) is 27.3. The minimum atomic E-state index is -0.736. The van der Waals surface area contributed by atoms with Gasteiger partial charge in [-0.2, -0.15) is 0 Å². The molecule has 9 heteroatoms. The van der Waals surface area contributed by atoms with Crippen molar-refractivity contribution in [1.82, 2.24) is 5.32 Å². The molecule has 0 radical (unpaired) electrons. The van der Waals surface area contributed by atoms with Crippen LogP contribution < -0.4 is 25.8 Å². The minimum Gasteiger partial charge on any atom is -0.490 e. The number of nitrogens with two attached hydrogens (primary N) is 1. The molecular formula is C22H37IN4O4. The van der Waals surface area contributed by atoms with Crippen LogP contribution in [0.4, 0.5) is 5.69 Å². The number of benzene rings is 1. The Labute approximate surface area is 202 Å². The van der Waals surface area contributed by atoms with Crippen LogP contribution >= 0.6 is 24.0 Å². The van der Waals surface area contributed by atoms with E-state index in [1.165, 1.54) is 0 Å². The fraction of sp³-hybridized carbons (Fsp3) is 0.636. The third kappa shape index (κ3) is 9.94. The van der Waals surface area contributed by atoms with Gasteiger partial charge >= 0.3 is 0 Å². The van der Waals surface area contributed by atoms with Gasteiger partial charge in [-0.3, -0.25) is 9.79 Å². The number of fused-ring (bicyclic) bond motifs is 1. The van der Waals surface area contributed by atoms with Crippen LogP contribution in [0.3, 0.4) is 0 Å². The maximum atomic E-state index is 11.6. The summed E-state index contributed by atoms with van der Waals surface area (Å²) >= 11 is 0. The number of rotatable bonds is 10. The van der Waals surface area contributed by atoms with Crippen LogP contribution in [-0.2, 0) is 9.53 Å². The van der Waals surface area contributed by atoms with Gasteiger partial charge in [-0.05, 0) is 38.3 Å². The molecule has 0 saturated carbocycles. The summed E-state index contributed by atoms with van der Waals surface area (Å²) in [7, 11) is 0. The molecule has 0 bridgehead atoms. The normalized spacial score (nSPS) is 13.9. The van der Waals surface area contributed by atoms with E-state index in [0.717, 1.165) is 30.9 Å². The van der Waals surface area contributed by atoms with Gasteiger partial charge in [-0.1, -0.05) is 13.8 Å². The summed E-state index contributed by atoms with van der Waals surface area (Å²) in [5.41, 5.74) is 5.57. The number of carbonyl (C=O) groups excluding carboxylic acids is 1. The molecule has 0 spiro atoms. The number of amides is 1. The van der Waals surface area contributed by atoms with Crippen LogP contribution in [0.1, 0.15) is 40.5 Å². The first-order chi connectivity index (χ1) is 14.3. The smallest absolute Gasteiger partial charge is 0.224 e. The topological polar surface area (TPSA) is 107 Å². The molecule has 0 atom stereocenters. The molecule has 1 aromatic carbocycles. The number of aliphatic imine (C=N–C) groups is 1. The largest absolute Gasteiger partial charge is 0.490 e. The Morgan fingerprint density at radius 1 is 1.26 bits per heavy atom. The fourth-order valence-electron chi connectivity index (χ4n) is 2.57. The Morgan fingerprint density at radius 2 is 1.97 bits per heavy atom. The molecule has 1 heterocycles. The predicted octanol–water partition coefficient (Wildman–Crippen LogP) is 3.40. The lowest BCUT2D eigenvalue weighted by molar-refractivity contribution is -0.125. The Hall–Kier alpha value is -1.75. The maximum absolute atomic E-state index is 11.6. The molecule has 1 aromatic rings. The molecule has 8 nitrogen and oxygen atoms in total. The number of anilines is 1. The quantitative estimate of drug-likeness (QED) is 0.179. The maximum Gasteiger partial charge on any atom is 0.224 e. The van der Waals surface area contributed by atoms with Crippen molar-refractivity contribution >= 4 is 41.5 Å². The molecule has 31 heavy (non-hydrogen) atoms. The summed E-state index contributed by atoms with van der Waals surface area (Å²) < 4.78 is 17.1. The van der Waals surface area contributed by atoms with E-state index in [-0.39, 0.29) is 36.4 Å². The summed E-state index contributed by atoms with van der Waals surface area (Å²) in [6.45, 7) is 11.5. The van der Waals surface area contributed by atoms with Gasteiger partial charge in [0.2, 0.25) is 5.91 Å². The van der Waals surface area contributed by atoms with Crippen LogP contribution in [0.25, 0.3) is 0 Å². The van der Waals surface area contributed by atoms with E-state index < -0.39 is 5.41 Å². The van der Waals surface area contributed by atoms with Gasteiger partial charge in [-0.25, -0.2) is 0 Å². The van der Waals surface area contributed by atoms with Gasteiger partial charge in [0.1, 0.15) is 0 Å². The van der Waals surface area contributed by atoms with Crippen molar-refractivity contribution in [2.24, 2.45) is 22.1 Å². The first-order valence-corrected chi connectivity index (χ1v) is 10.6. The van der Waals surface area contributed by atoms with Crippen molar-refractivity contribution in [2.45, 2.75) is 40.5 Å². The van der Waals surface area contributed by atoms with Gasteiger partial charge in [-0.15, -0.1) is 24.0 Å². The van der Waals surface area contributed by atoms with Crippen LogP contribution in [0.15, 0.2) is 23.2 Å². The summed E-state index contributed by atoms with van der Waals surface area (Å²) in [6, 6.07) is 5.69. The van der Waals surface area contributed by atoms with Gasteiger partial charge in [0.15, 0.2) is 17.5 Å². The summed E-state index contributed by atoms with van der Waals surface area (Å²) in [4.78, 5) is 16.2. The lowest BCUT2D eigenvalue weighted by Gasteiger charge is -2.20. The van der Waals surface area contributed by atoms with E-state index in [1.807, 2.05) is 18.2 Å². The minimum absolute atomic E-state index is 0. The Balaban J connectivity index is 0.00000480. The molecule has 1 aliphatic rings. The van der Waals surface area contributed by atoms with Crippen molar-refractivity contribution in [2.75, 3.05) is 44.8 Å². The number of halogens is 1. The number of nitrogens with zero attached hydrogens (tertiary/aromatic N) is 1. The summed E-state index contributed by atoms with van der Waals surface area (Å²) in [6.07, 6.45) is 1.69. The van der Waals surface area contributed by atoms with E-state index >= 15 is 0 Å². The Bertz CT molecular complexity index is 725. The molecular weight excluding hydrogens is 511 g/mol. The summed E-state index contributed by atoms with van der Waals surface area (Å²) in [5.74, 6) is 2.15. The molecule has 0 aromatic heterocycles. The van der Waals surface area contributed by atoms with Crippen LogP contribution in [0.2, 0.25) is 0 Å². The molecule has 0 saturated heterocycles. The van der Waals surface area contributed by atoms with Crippen molar-refractivity contribution in [1.29, 1.82) is 0 Å². The highest BCUT2D eigenvalue weighted by molar-refractivity contribution is 14.0. The molecule has 0 aliphatic carbocycles. The number of nitrogens with one attached hydrogen (secondary N) is 2. The number of hydrogen-bond acceptors (Lipinski definition) is 5. The summed E-state index contributed by atoms with van der Waals surface area (Å²) in [5, 5.41) is 6.58. The third-order valence-electron chi connectivity index (χ3n) is 4.52. The van der Waals surface area contributed by atoms with Gasteiger partial charge in [0.05, 0.1) is 25.2 Å². The van der Waals surface area contributed by atoms with E-state index in [1.54, 1.807) is 13.8 Å². The Morgan fingerprint density at radius 3 is 2.65 bits per heavy atom. The average molecular weight is 548 g/mol. The van der Waals surface area contributed by atoms with E-state index in [9.17, 15) is 4.79 Å². The third-order valence-corrected chi connectivity index (χ3v) is 4.52. The lowest BCUT2D eigenvalue weighted by Crippen LogP contribution is -2.37. The number of primary amides is 1. The molecule has 1 amide bonds. The zero-order valence-corrected chi connectivity index (χ0v) is 21.4. The molecule has 0 fully saturated rings. The SMILES string of the molecule is CC(C)COCCCNC(=NCC(C)(C)C(N)=O)Nc1ccc2c(c1)OCCCO2.I. The number of hydrogen-bond donors (Lipinski definition) is 3. The van der Waals surface area contributed by atoms with Gasteiger partial charge in [0.25, 0.3) is 0 Å². The number of guanidine groups is 1. The van der Waals surface area contributed by atoms with Crippen molar-refractivity contribution in [3.63, 3.8) is 0 Å². The predicted molar refractivity (Wildman–Crippen MR) is 135 cm³/mol. The van der Waals surface area contributed by atoms with Crippen LogP contribution in [0, 0.1) is 11.3 Å². The molecule has 0 unspecified atom stereocenters. The molecule has 176 valence electrons. The van der Waals surface area contributed by atoms with E-state index in [2.05, 4.69) is 29.5 Å². The zero-order valence-electron chi connectivity index (χ0n) is 19.0. The van der Waals surface area contributed by atoms with E-state index in [4.69, 9.17) is 19.9 Å². The van der Waals surface area contributed by atoms with Gasteiger partial charge < -0.3 is 30.6 Å². The van der Waals surface area contributed by atoms with Gasteiger partial charge in [0, 0.05) is 37.9 Å². The first-order valence-electron chi connectivity index (χ1n) is 10.6. The highest BCUT2D eigenvalue weighted by Gasteiger charge is 2.24. The Kier molecular flexibility index (Phi) is 12.0. The fourth-order valence-corrected chi connectivity index (χ4v) is 2.57. The molecule has 1 aliphatic heterocycles. The second kappa shape index (κ2) is 13.6. The zero-order chi connectivity index (χ0) is 22.0. The van der Waals surface area contributed by atoms with E-state index in [0.29, 0.717) is 44.0 Å². The second-order valence-corrected chi connectivity index (χ2v) is 8.50. The highest BCUT2D eigenvalue weighted by atomic mass is 127. The highest BCUT2D eigenvalue weighted by Crippen LogP contribution is 2.32. The monoisotopic (exact) mass is 548 g/mol. The average Bonchev–Trinajstić information content (AvgIpc) is 2.93. The number of carbonyl (C=O) groups is 1. The number of ether oxygens (including phenoxy) is 3.